The number of Topliss-reactive ketones (excluding diaryl/α,β-unsaturated/α-hetero) is 1. The van der Waals surface area contributed by atoms with Gasteiger partial charge in [-0.05, 0) is 25.1 Å². The number of carbonyl (C=O) groups excluding carboxylic acids is 1. The van der Waals surface area contributed by atoms with Crippen LogP contribution in [0.4, 0.5) is 5.82 Å². The van der Waals surface area contributed by atoms with Crippen molar-refractivity contribution in [2.24, 2.45) is 0 Å². The first-order valence-corrected chi connectivity index (χ1v) is 7.81. The van der Waals surface area contributed by atoms with Crippen molar-refractivity contribution in [3.63, 3.8) is 0 Å². The van der Waals surface area contributed by atoms with Crippen molar-refractivity contribution >= 4 is 22.8 Å². The molecule has 0 fully saturated rings. The van der Waals surface area contributed by atoms with Gasteiger partial charge in [0.15, 0.2) is 28.6 Å². The Morgan fingerprint density at radius 2 is 1.84 bits per heavy atom. The number of benzene rings is 2. The van der Waals surface area contributed by atoms with E-state index in [0.717, 1.165) is 11.3 Å². The summed E-state index contributed by atoms with van der Waals surface area (Å²) in [5, 5.41) is 0. The second kappa shape index (κ2) is 5.83. The maximum Gasteiger partial charge on any atom is 0.170 e. The average Bonchev–Trinajstić information content (AvgIpc) is 3.07. The van der Waals surface area contributed by atoms with Crippen LogP contribution in [0.1, 0.15) is 17.3 Å². The Labute approximate surface area is 144 Å². The topological polar surface area (TPSA) is 86.7 Å². The molecule has 0 atom stereocenters. The minimum absolute atomic E-state index is 0.00905. The molecule has 6 nitrogen and oxygen atoms in total. The number of nitrogen functional groups attached to an aromatic ring is 1. The van der Waals surface area contributed by atoms with E-state index in [4.69, 9.17) is 5.73 Å². The summed E-state index contributed by atoms with van der Waals surface area (Å²) in [6.45, 7) is 1.53. The van der Waals surface area contributed by atoms with E-state index in [0.29, 0.717) is 28.4 Å². The van der Waals surface area contributed by atoms with Crippen molar-refractivity contribution in [2.45, 2.75) is 6.92 Å². The van der Waals surface area contributed by atoms with Crippen LogP contribution >= 0.6 is 0 Å². The van der Waals surface area contributed by atoms with Gasteiger partial charge in [-0.25, -0.2) is 15.0 Å². The third-order valence-electron chi connectivity index (χ3n) is 3.98. The Bertz CT molecular complexity index is 1090. The second-order valence-electron chi connectivity index (χ2n) is 5.69. The smallest absolute Gasteiger partial charge is 0.170 e. The van der Waals surface area contributed by atoms with Gasteiger partial charge in [-0.3, -0.25) is 9.36 Å². The lowest BCUT2D eigenvalue weighted by atomic mass is 10.1. The van der Waals surface area contributed by atoms with Crippen molar-refractivity contribution in [1.29, 1.82) is 0 Å². The van der Waals surface area contributed by atoms with E-state index < -0.39 is 0 Å². The summed E-state index contributed by atoms with van der Waals surface area (Å²) in [6, 6.07) is 17.0. The molecule has 0 amide bonds. The molecule has 2 aromatic carbocycles. The largest absolute Gasteiger partial charge is 0.382 e. The third-order valence-corrected chi connectivity index (χ3v) is 3.98. The quantitative estimate of drug-likeness (QED) is 0.583. The summed E-state index contributed by atoms with van der Waals surface area (Å²) >= 11 is 0. The van der Waals surface area contributed by atoms with E-state index in [1.165, 1.54) is 6.92 Å². The highest BCUT2D eigenvalue weighted by molar-refractivity contribution is 5.95. The maximum atomic E-state index is 11.6. The van der Waals surface area contributed by atoms with Gasteiger partial charge >= 0.3 is 0 Å². The number of hydrogen-bond donors (Lipinski definition) is 1. The molecule has 0 saturated heterocycles. The fourth-order valence-corrected chi connectivity index (χ4v) is 2.71. The second-order valence-corrected chi connectivity index (χ2v) is 5.69. The van der Waals surface area contributed by atoms with Crippen LogP contribution in [-0.2, 0) is 0 Å². The summed E-state index contributed by atoms with van der Waals surface area (Å²) in [7, 11) is 0. The molecule has 0 aliphatic carbocycles. The first-order chi connectivity index (χ1) is 12.1. The summed E-state index contributed by atoms with van der Waals surface area (Å²) in [5.74, 6) is 0.763. The van der Waals surface area contributed by atoms with Crippen molar-refractivity contribution in [3.05, 3.63) is 66.5 Å². The monoisotopic (exact) mass is 329 g/mol. The zero-order chi connectivity index (χ0) is 17.4. The highest BCUT2D eigenvalue weighted by Gasteiger charge is 2.14. The number of para-hydroxylation sites is 1. The number of carbonyl (C=O) groups is 1. The van der Waals surface area contributed by atoms with Gasteiger partial charge in [-0.1, -0.05) is 36.4 Å². The van der Waals surface area contributed by atoms with Crippen LogP contribution in [0.15, 0.2) is 60.9 Å². The molecular weight excluding hydrogens is 314 g/mol. The number of aromatic nitrogens is 4. The molecule has 0 saturated carbocycles. The summed E-state index contributed by atoms with van der Waals surface area (Å²) in [4.78, 5) is 25.0. The third kappa shape index (κ3) is 2.63. The number of fused-ring (bicyclic) bond motifs is 1. The molecule has 0 bridgehead atoms. The van der Waals surface area contributed by atoms with E-state index in [2.05, 4.69) is 15.0 Å². The molecule has 0 spiro atoms. The number of hydrogen-bond acceptors (Lipinski definition) is 5. The first kappa shape index (κ1) is 15.0. The van der Waals surface area contributed by atoms with Gasteiger partial charge in [0.05, 0.1) is 0 Å². The number of anilines is 1. The van der Waals surface area contributed by atoms with Gasteiger partial charge < -0.3 is 5.73 Å². The molecule has 122 valence electrons. The average molecular weight is 329 g/mol. The molecule has 0 aliphatic heterocycles. The Morgan fingerprint density at radius 3 is 2.60 bits per heavy atom. The molecular formula is C19H15N5O. The van der Waals surface area contributed by atoms with Gasteiger partial charge in [-0.2, -0.15) is 0 Å². The zero-order valence-corrected chi connectivity index (χ0v) is 13.5. The number of nitrogens with zero attached hydrogens (tertiary/aromatic N) is 4. The standard InChI is InChI=1S/C19H15N5O/c1-12(25)13-6-5-7-14(10-13)18-22-17(20)16-19(23-18)24(11-21-16)15-8-3-2-4-9-15/h2-11H,1H3,(H2,20,22,23). The van der Waals surface area contributed by atoms with Crippen LogP contribution in [-0.4, -0.2) is 25.3 Å². The highest BCUT2D eigenvalue weighted by Crippen LogP contribution is 2.25. The van der Waals surface area contributed by atoms with Crippen LogP contribution in [0.2, 0.25) is 0 Å². The number of ketones is 1. The molecule has 0 unspecified atom stereocenters. The Hall–Kier alpha value is -3.54. The fraction of sp³-hybridized carbons (Fsp3) is 0.0526. The molecule has 25 heavy (non-hydrogen) atoms. The predicted octanol–water partition coefficient (Wildman–Crippen LogP) is 3.27. The minimum atomic E-state index is -0.00905. The van der Waals surface area contributed by atoms with Crippen LogP contribution in [0.5, 0.6) is 0 Å². The van der Waals surface area contributed by atoms with Crippen LogP contribution in [0.25, 0.3) is 28.2 Å². The van der Waals surface area contributed by atoms with Gasteiger partial charge in [0.25, 0.3) is 0 Å². The van der Waals surface area contributed by atoms with E-state index >= 15 is 0 Å². The van der Waals surface area contributed by atoms with Crippen molar-refractivity contribution in [1.82, 2.24) is 19.5 Å². The van der Waals surface area contributed by atoms with Gasteiger partial charge in [-0.15, -0.1) is 0 Å². The Balaban J connectivity index is 1.92. The number of rotatable bonds is 3. The molecule has 2 heterocycles. The normalized spacial score (nSPS) is 10.9. The highest BCUT2D eigenvalue weighted by atomic mass is 16.1. The predicted molar refractivity (Wildman–Crippen MR) is 96.5 cm³/mol. The van der Waals surface area contributed by atoms with Crippen molar-refractivity contribution in [3.8, 4) is 17.1 Å². The van der Waals surface area contributed by atoms with Crippen LogP contribution < -0.4 is 5.73 Å². The fourth-order valence-electron chi connectivity index (χ4n) is 2.71. The molecule has 0 aliphatic rings. The Kier molecular flexibility index (Phi) is 3.50. The SMILES string of the molecule is CC(=O)c1cccc(-c2nc(N)c3ncn(-c4ccccc4)c3n2)c1. The van der Waals surface area contributed by atoms with Crippen LogP contribution in [0.3, 0.4) is 0 Å². The number of nitrogens with two attached hydrogens (primary N) is 1. The molecule has 4 rings (SSSR count). The number of imidazole rings is 1. The lowest BCUT2D eigenvalue weighted by Crippen LogP contribution is -2.01. The van der Waals surface area contributed by atoms with Gasteiger partial charge in [0.1, 0.15) is 6.33 Å². The maximum absolute atomic E-state index is 11.6. The lowest BCUT2D eigenvalue weighted by Gasteiger charge is -2.07. The minimum Gasteiger partial charge on any atom is -0.382 e. The summed E-state index contributed by atoms with van der Waals surface area (Å²) in [6.07, 6.45) is 1.68. The van der Waals surface area contributed by atoms with E-state index in [9.17, 15) is 4.79 Å². The summed E-state index contributed by atoms with van der Waals surface area (Å²) in [5.41, 5.74) is 9.55. The summed E-state index contributed by atoms with van der Waals surface area (Å²) < 4.78 is 1.87. The molecule has 2 aromatic heterocycles. The molecule has 6 heteroatoms. The van der Waals surface area contributed by atoms with Crippen LogP contribution in [0, 0.1) is 0 Å². The molecule has 0 radical (unpaired) electrons. The van der Waals surface area contributed by atoms with E-state index in [1.54, 1.807) is 18.5 Å². The Morgan fingerprint density at radius 1 is 1.04 bits per heavy atom. The van der Waals surface area contributed by atoms with E-state index in [-0.39, 0.29) is 5.78 Å². The van der Waals surface area contributed by atoms with Crippen molar-refractivity contribution < 1.29 is 4.79 Å². The van der Waals surface area contributed by atoms with Gasteiger partial charge in [0, 0.05) is 16.8 Å². The molecule has 2 N–H and O–H groups in total. The first-order valence-electron chi connectivity index (χ1n) is 7.81. The van der Waals surface area contributed by atoms with Crippen molar-refractivity contribution in [2.75, 3.05) is 5.73 Å². The molecule has 4 aromatic rings. The zero-order valence-electron chi connectivity index (χ0n) is 13.5. The van der Waals surface area contributed by atoms with E-state index in [1.807, 2.05) is 47.0 Å². The lowest BCUT2D eigenvalue weighted by molar-refractivity contribution is 0.101. The van der Waals surface area contributed by atoms with Gasteiger partial charge in [0.2, 0.25) is 0 Å².